The number of sulfonamides is 1. The third kappa shape index (κ3) is 5.34. The van der Waals surface area contributed by atoms with Gasteiger partial charge in [0.05, 0.1) is 16.7 Å². The number of likely N-dealkylation sites (tertiary alicyclic amines) is 1. The number of nitrogens with zero attached hydrogens (tertiary/aromatic N) is 2. The second-order valence-corrected chi connectivity index (χ2v) is 9.51. The number of rotatable bonds is 8. The normalized spacial score (nSPS) is 15.3. The first-order chi connectivity index (χ1) is 14.9. The van der Waals surface area contributed by atoms with Crippen LogP contribution in [0, 0.1) is 5.92 Å². The number of piperidine rings is 1. The summed E-state index contributed by atoms with van der Waals surface area (Å²) in [6, 6.07) is 7.69. The Bertz CT molecular complexity index is 975. The Morgan fingerprint density at radius 1 is 1.06 bits per heavy atom. The lowest BCUT2D eigenvalue weighted by atomic mass is 9.96. The average Bonchev–Trinajstić information content (AvgIpc) is 3.33. The maximum Gasteiger partial charge on any atom is 0.257 e. The van der Waals surface area contributed by atoms with E-state index in [1.807, 2.05) is 0 Å². The predicted octanol–water partition coefficient (Wildman–Crippen LogP) is 2.59. The summed E-state index contributed by atoms with van der Waals surface area (Å²) in [5.41, 5.74) is 0.976. The van der Waals surface area contributed by atoms with Gasteiger partial charge in [0, 0.05) is 38.3 Å². The molecule has 168 valence electrons. The molecule has 1 aliphatic heterocycles. The van der Waals surface area contributed by atoms with Crippen molar-refractivity contribution in [3.8, 4) is 0 Å². The molecule has 1 aromatic carbocycles. The summed E-state index contributed by atoms with van der Waals surface area (Å²) in [7, 11) is -3.54. The van der Waals surface area contributed by atoms with E-state index in [1.54, 1.807) is 24.8 Å². The minimum absolute atomic E-state index is 0.0315. The van der Waals surface area contributed by atoms with Gasteiger partial charge < -0.3 is 14.6 Å². The van der Waals surface area contributed by atoms with Crippen LogP contribution in [0.15, 0.2) is 52.2 Å². The second kappa shape index (κ2) is 10.1. The standard InChI is InChI=1S/C22H29N3O5S/c1-3-25(4-2)31(28,29)20-7-5-18(6-8-20)21(26)23-15-17-9-12-24(13-10-17)22(27)19-11-14-30-16-19/h5-8,11,14,16-17H,3-4,9-10,12-13,15H2,1-2H3,(H,23,26). The third-order valence-electron chi connectivity index (χ3n) is 5.68. The van der Waals surface area contributed by atoms with Gasteiger partial charge in [0.15, 0.2) is 0 Å². The topological polar surface area (TPSA) is 99.9 Å². The molecule has 8 nitrogen and oxygen atoms in total. The summed E-state index contributed by atoms with van der Waals surface area (Å²) >= 11 is 0. The molecule has 2 aromatic rings. The van der Waals surface area contributed by atoms with Crippen molar-refractivity contribution in [1.82, 2.24) is 14.5 Å². The summed E-state index contributed by atoms with van der Waals surface area (Å²) in [5.74, 6) is 0.0272. The van der Waals surface area contributed by atoms with Crippen molar-refractivity contribution in [2.24, 2.45) is 5.92 Å². The van der Waals surface area contributed by atoms with Crippen LogP contribution in [0.2, 0.25) is 0 Å². The van der Waals surface area contributed by atoms with Gasteiger partial charge in [0.2, 0.25) is 10.0 Å². The fraction of sp³-hybridized carbons (Fsp3) is 0.455. The van der Waals surface area contributed by atoms with E-state index in [9.17, 15) is 18.0 Å². The molecule has 1 N–H and O–H groups in total. The van der Waals surface area contributed by atoms with Gasteiger partial charge in [-0.25, -0.2) is 8.42 Å². The molecule has 0 atom stereocenters. The van der Waals surface area contributed by atoms with Gasteiger partial charge in [0.1, 0.15) is 6.26 Å². The molecule has 1 fully saturated rings. The first kappa shape index (κ1) is 23.0. The van der Waals surface area contributed by atoms with Gasteiger partial charge in [-0.2, -0.15) is 4.31 Å². The number of amides is 2. The van der Waals surface area contributed by atoms with Gasteiger partial charge >= 0.3 is 0 Å². The molecule has 1 aromatic heterocycles. The Hall–Kier alpha value is -2.65. The van der Waals surface area contributed by atoms with E-state index < -0.39 is 10.0 Å². The highest BCUT2D eigenvalue weighted by molar-refractivity contribution is 7.89. The quantitative estimate of drug-likeness (QED) is 0.670. The first-order valence-electron chi connectivity index (χ1n) is 10.6. The van der Waals surface area contributed by atoms with Gasteiger partial charge in [-0.15, -0.1) is 0 Å². The van der Waals surface area contributed by atoms with Gasteiger partial charge in [-0.05, 0) is 49.1 Å². The molecule has 1 saturated heterocycles. The molecule has 9 heteroatoms. The third-order valence-corrected chi connectivity index (χ3v) is 7.74. The van der Waals surface area contributed by atoms with E-state index in [4.69, 9.17) is 4.42 Å². The monoisotopic (exact) mass is 447 g/mol. The van der Waals surface area contributed by atoms with E-state index >= 15 is 0 Å². The van der Waals surface area contributed by atoms with Crippen molar-refractivity contribution in [3.05, 3.63) is 54.0 Å². The lowest BCUT2D eigenvalue weighted by Gasteiger charge is -2.31. The van der Waals surface area contributed by atoms with Crippen LogP contribution < -0.4 is 5.32 Å². The van der Waals surface area contributed by atoms with Crippen LogP contribution in [-0.2, 0) is 10.0 Å². The summed E-state index contributed by atoms with van der Waals surface area (Å²) in [4.78, 5) is 26.8. The summed E-state index contributed by atoms with van der Waals surface area (Å²) in [6.45, 7) is 6.18. The van der Waals surface area contributed by atoms with E-state index in [0.717, 1.165) is 12.8 Å². The number of hydrogen-bond acceptors (Lipinski definition) is 5. The van der Waals surface area contributed by atoms with E-state index in [0.29, 0.717) is 49.8 Å². The Kier molecular flexibility index (Phi) is 7.50. The van der Waals surface area contributed by atoms with E-state index in [1.165, 1.54) is 41.1 Å². The largest absolute Gasteiger partial charge is 0.472 e. The fourth-order valence-electron chi connectivity index (χ4n) is 3.74. The molecule has 2 heterocycles. The molecule has 31 heavy (non-hydrogen) atoms. The zero-order valence-electron chi connectivity index (χ0n) is 17.9. The lowest BCUT2D eigenvalue weighted by molar-refractivity contribution is 0.0683. The minimum Gasteiger partial charge on any atom is -0.472 e. The summed E-state index contributed by atoms with van der Waals surface area (Å²) in [5, 5.41) is 2.93. The first-order valence-corrected chi connectivity index (χ1v) is 12.0. The average molecular weight is 448 g/mol. The van der Waals surface area contributed by atoms with Crippen molar-refractivity contribution < 1.29 is 22.4 Å². The zero-order chi connectivity index (χ0) is 22.4. The Labute approximate surface area is 183 Å². The van der Waals surface area contributed by atoms with Gasteiger partial charge in [0.25, 0.3) is 11.8 Å². The smallest absolute Gasteiger partial charge is 0.257 e. The maximum absolute atomic E-state index is 12.5. The number of furan rings is 1. The molecule has 0 bridgehead atoms. The molecule has 3 rings (SSSR count). The fourth-order valence-corrected chi connectivity index (χ4v) is 5.20. The number of carbonyl (C=O) groups is 2. The van der Waals surface area contributed by atoms with Gasteiger partial charge in [-0.3, -0.25) is 9.59 Å². The summed E-state index contributed by atoms with van der Waals surface area (Å²) in [6.07, 6.45) is 4.56. The molecule has 0 aliphatic carbocycles. The molecule has 0 spiro atoms. The highest BCUT2D eigenvalue weighted by Crippen LogP contribution is 2.19. The van der Waals surface area contributed by atoms with Crippen molar-refractivity contribution in [3.63, 3.8) is 0 Å². The maximum atomic E-state index is 12.5. The van der Waals surface area contributed by atoms with Crippen LogP contribution in [0.5, 0.6) is 0 Å². The summed E-state index contributed by atoms with van der Waals surface area (Å²) < 4.78 is 31.5. The molecule has 2 amide bonds. The molecule has 0 unspecified atom stereocenters. The van der Waals surface area contributed by atoms with Crippen LogP contribution in [0.25, 0.3) is 0 Å². The van der Waals surface area contributed by atoms with Crippen molar-refractivity contribution in [2.75, 3.05) is 32.7 Å². The van der Waals surface area contributed by atoms with Crippen LogP contribution in [0.3, 0.4) is 0 Å². The predicted molar refractivity (Wildman–Crippen MR) is 116 cm³/mol. The number of carbonyl (C=O) groups excluding carboxylic acids is 2. The zero-order valence-corrected chi connectivity index (χ0v) is 18.7. The molecule has 0 radical (unpaired) electrons. The van der Waals surface area contributed by atoms with Gasteiger partial charge in [-0.1, -0.05) is 13.8 Å². The van der Waals surface area contributed by atoms with Crippen molar-refractivity contribution in [2.45, 2.75) is 31.6 Å². The Morgan fingerprint density at radius 3 is 2.26 bits per heavy atom. The van der Waals surface area contributed by atoms with E-state index in [2.05, 4.69) is 5.32 Å². The van der Waals surface area contributed by atoms with E-state index in [-0.39, 0.29) is 16.7 Å². The van der Waals surface area contributed by atoms with Crippen LogP contribution >= 0.6 is 0 Å². The number of benzene rings is 1. The Balaban J connectivity index is 1.50. The van der Waals surface area contributed by atoms with Crippen LogP contribution in [-0.4, -0.2) is 62.2 Å². The Morgan fingerprint density at radius 2 is 1.71 bits per heavy atom. The number of nitrogens with one attached hydrogen (secondary N) is 1. The van der Waals surface area contributed by atoms with Crippen molar-refractivity contribution >= 4 is 21.8 Å². The minimum atomic E-state index is -3.54. The highest BCUT2D eigenvalue weighted by Gasteiger charge is 2.25. The van der Waals surface area contributed by atoms with Crippen LogP contribution in [0.4, 0.5) is 0 Å². The molecule has 0 saturated carbocycles. The molecular formula is C22H29N3O5S. The number of hydrogen-bond donors (Lipinski definition) is 1. The molecular weight excluding hydrogens is 418 g/mol. The van der Waals surface area contributed by atoms with Crippen molar-refractivity contribution in [1.29, 1.82) is 0 Å². The van der Waals surface area contributed by atoms with Crippen LogP contribution in [0.1, 0.15) is 47.4 Å². The second-order valence-electron chi connectivity index (χ2n) is 7.57. The SMILES string of the molecule is CCN(CC)S(=O)(=O)c1ccc(C(=O)NCC2CCN(C(=O)c3ccoc3)CC2)cc1. The lowest BCUT2D eigenvalue weighted by Crippen LogP contribution is -2.41. The highest BCUT2D eigenvalue weighted by atomic mass is 32.2. The molecule has 1 aliphatic rings.